The Kier molecular flexibility index (Phi) is 3.45. The molecule has 3 saturated carbocycles. The molecule has 3 aliphatic carbocycles. The van der Waals surface area contributed by atoms with Crippen molar-refractivity contribution in [3.63, 3.8) is 0 Å². The minimum Gasteiger partial charge on any atom is -0.388 e. The molecule has 2 heteroatoms. The van der Waals surface area contributed by atoms with E-state index in [1.165, 1.54) is 64.2 Å². The molecule has 2 nitrogen and oxygen atoms in total. The van der Waals surface area contributed by atoms with Crippen LogP contribution in [0.2, 0.25) is 0 Å². The topological polar surface area (TPSA) is 32.3 Å². The molecule has 0 amide bonds. The van der Waals surface area contributed by atoms with Crippen LogP contribution in [0.5, 0.6) is 0 Å². The molecular weight excluding hydrogens is 210 g/mol. The summed E-state index contributed by atoms with van der Waals surface area (Å²) >= 11 is 0. The van der Waals surface area contributed by atoms with E-state index in [0.717, 1.165) is 6.42 Å². The van der Waals surface area contributed by atoms with Gasteiger partial charge in [0.2, 0.25) is 0 Å². The van der Waals surface area contributed by atoms with Gasteiger partial charge in [-0.15, -0.1) is 0 Å². The average Bonchev–Trinajstić information content (AvgIpc) is 2.83. The smallest absolute Gasteiger partial charge is 0.0828 e. The first-order valence-electron chi connectivity index (χ1n) is 7.77. The summed E-state index contributed by atoms with van der Waals surface area (Å²) in [5.74, 6) is 0.587. The van der Waals surface area contributed by atoms with Crippen molar-refractivity contribution < 1.29 is 5.11 Å². The Morgan fingerprint density at radius 2 is 1.53 bits per heavy atom. The van der Waals surface area contributed by atoms with Crippen LogP contribution in [0.4, 0.5) is 0 Å². The van der Waals surface area contributed by atoms with Crippen molar-refractivity contribution in [1.82, 2.24) is 5.32 Å². The maximum atomic E-state index is 11.0. The molecule has 1 unspecified atom stereocenters. The van der Waals surface area contributed by atoms with Gasteiger partial charge in [-0.3, -0.25) is 0 Å². The first-order valence-corrected chi connectivity index (χ1v) is 7.77. The molecule has 0 aromatic heterocycles. The summed E-state index contributed by atoms with van der Waals surface area (Å²) in [6.07, 6.45) is 14.1. The van der Waals surface area contributed by atoms with Gasteiger partial charge in [0.05, 0.1) is 5.60 Å². The number of fused-ring (bicyclic) bond motifs is 1. The normalized spacial score (nSPS) is 43.6. The molecule has 0 aromatic carbocycles. The molecule has 0 heterocycles. The zero-order chi connectivity index (χ0) is 11.7. The van der Waals surface area contributed by atoms with Gasteiger partial charge in [-0.1, -0.05) is 32.1 Å². The van der Waals surface area contributed by atoms with E-state index in [0.29, 0.717) is 18.0 Å². The average molecular weight is 237 g/mol. The molecule has 0 aliphatic heterocycles. The molecule has 0 aromatic rings. The Labute approximate surface area is 105 Å². The minimum absolute atomic E-state index is 0.362. The van der Waals surface area contributed by atoms with Crippen molar-refractivity contribution >= 4 is 0 Å². The SMILES string of the molecule is O[C@]12CCCC[C@@H]1CCCC2NC1CCCC1. The Morgan fingerprint density at radius 1 is 0.824 bits per heavy atom. The van der Waals surface area contributed by atoms with Crippen LogP contribution in [0.1, 0.15) is 70.6 Å². The third-order valence-corrected chi connectivity index (χ3v) is 5.53. The predicted octanol–water partition coefficient (Wildman–Crippen LogP) is 2.99. The summed E-state index contributed by atoms with van der Waals surface area (Å²) in [4.78, 5) is 0. The summed E-state index contributed by atoms with van der Waals surface area (Å²) in [5.41, 5.74) is -0.362. The maximum absolute atomic E-state index is 11.0. The number of hydrogen-bond acceptors (Lipinski definition) is 2. The summed E-state index contributed by atoms with van der Waals surface area (Å²) in [7, 11) is 0. The van der Waals surface area contributed by atoms with E-state index in [4.69, 9.17) is 0 Å². The largest absolute Gasteiger partial charge is 0.388 e. The van der Waals surface area contributed by atoms with Gasteiger partial charge in [0.25, 0.3) is 0 Å². The molecule has 0 saturated heterocycles. The quantitative estimate of drug-likeness (QED) is 0.774. The highest BCUT2D eigenvalue weighted by Crippen LogP contribution is 2.44. The standard InChI is InChI=1S/C15H27NO/c17-15-11-4-3-6-12(15)7-5-10-14(15)16-13-8-1-2-9-13/h12-14,16-17H,1-11H2/t12-,14?,15-/m1/s1. The Bertz CT molecular complexity index is 260. The molecule has 3 aliphatic rings. The molecule has 3 atom stereocenters. The highest BCUT2D eigenvalue weighted by atomic mass is 16.3. The first kappa shape index (κ1) is 12.0. The van der Waals surface area contributed by atoms with Crippen molar-refractivity contribution in [3.8, 4) is 0 Å². The lowest BCUT2D eigenvalue weighted by atomic mass is 9.64. The Morgan fingerprint density at radius 3 is 2.35 bits per heavy atom. The second kappa shape index (κ2) is 4.89. The fourth-order valence-corrected chi connectivity index (χ4v) is 4.53. The van der Waals surface area contributed by atoms with Crippen LogP contribution < -0.4 is 5.32 Å². The molecule has 0 bridgehead atoms. The van der Waals surface area contributed by atoms with E-state index in [2.05, 4.69) is 5.32 Å². The monoisotopic (exact) mass is 237 g/mol. The van der Waals surface area contributed by atoms with Gasteiger partial charge in [-0.05, 0) is 44.4 Å². The van der Waals surface area contributed by atoms with Gasteiger partial charge in [-0.2, -0.15) is 0 Å². The number of hydrogen-bond donors (Lipinski definition) is 2. The van der Waals surface area contributed by atoms with E-state index in [1.807, 2.05) is 0 Å². The number of nitrogens with one attached hydrogen (secondary N) is 1. The minimum atomic E-state index is -0.362. The lowest BCUT2D eigenvalue weighted by Gasteiger charge is -2.50. The van der Waals surface area contributed by atoms with Crippen molar-refractivity contribution in [2.24, 2.45) is 5.92 Å². The predicted molar refractivity (Wildman–Crippen MR) is 69.9 cm³/mol. The third-order valence-electron chi connectivity index (χ3n) is 5.53. The molecule has 2 N–H and O–H groups in total. The van der Waals surface area contributed by atoms with Crippen LogP contribution in [0.25, 0.3) is 0 Å². The summed E-state index contributed by atoms with van der Waals surface area (Å²) < 4.78 is 0. The molecule has 0 radical (unpaired) electrons. The van der Waals surface area contributed by atoms with Crippen LogP contribution in [0.15, 0.2) is 0 Å². The fraction of sp³-hybridized carbons (Fsp3) is 1.00. The molecule has 3 fully saturated rings. The summed E-state index contributed by atoms with van der Waals surface area (Å²) in [6, 6.07) is 1.09. The van der Waals surface area contributed by atoms with Crippen LogP contribution >= 0.6 is 0 Å². The number of rotatable bonds is 2. The molecule has 98 valence electrons. The number of aliphatic hydroxyl groups is 1. The van der Waals surface area contributed by atoms with Crippen molar-refractivity contribution in [2.45, 2.75) is 88.3 Å². The zero-order valence-electron chi connectivity index (χ0n) is 11.0. The highest BCUT2D eigenvalue weighted by Gasteiger charge is 2.47. The Hall–Kier alpha value is -0.0800. The van der Waals surface area contributed by atoms with E-state index in [9.17, 15) is 5.11 Å². The third kappa shape index (κ3) is 2.26. The lowest BCUT2D eigenvalue weighted by Crippen LogP contribution is -2.60. The van der Waals surface area contributed by atoms with Crippen LogP contribution in [0, 0.1) is 5.92 Å². The van der Waals surface area contributed by atoms with E-state index in [1.54, 1.807) is 0 Å². The second-order valence-corrected chi connectivity index (χ2v) is 6.57. The van der Waals surface area contributed by atoms with Gasteiger partial charge < -0.3 is 10.4 Å². The van der Waals surface area contributed by atoms with E-state index < -0.39 is 0 Å². The molecule has 3 rings (SSSR count). The van der Waals surface area contributed by atoms with Gasteiger partial charge in [0.15, 0.2) is 0 Å². The molecular formula is C15H27NO. The van der Waals surface area contributed by atoms with Crippen molar-refractivity contribution in [3.05, 3.63) is 0 Å². The Balaban J connectivity index is 1.68. The summed E-state index contributed by atoms with van der Waals surface area (Å²) in [6.45, 7) is 0. The highest BCUT2D eigenvalue weighted by molar-refractivity contribution is 5.03. The van der Waals surface area contributed by atoms with Gasteiger partial charge in [0.1, 0.15) is 0 Å². The van der Waals surface area contributed by atoms with Gasteiger partial charge >= 0.3 is 0 Å². The maximum Gasteiger partial charge on any atom is 0.0828 e. The summed E-state index contributed by atoms with van der Waals surface area (Å²) in [5, 5.41) is 14.9. The lowest BCUT2D eigenvalue weighted by molar-refractivity contribution is -0.101. The van der Waals surface area contributed by atoms with Gasteiger partial charge in [-0.25, -0.2) is 0 Å². The fourth-order valence-electron chi connectivity index (χ4n) is 4.53. The molecule has 17 heavy (non-hydrogen) atoms. The second-order valence-electron chi connectivity index (χ2n) is 6.57. The van der Waals surface area contributed by atoms with Crippen molar-refractivity contribution in [2.75, 3.05) is 0 Å². The first-order chi connectivity index (χ1) is 8.29. The van der Waals surface area contributed by atoms with Gasteiger partial charge in [0, 0.05) is 12.1 Å². The van der Waals surface area contributed by atoms with E-state index in [-0.39, 0.29) is 5.60 Å². The zero-order valence-corrected chi connectivity index (χ0v) is 11.0. The van der Waals surface area contributed by atoms with Crippen LogP contribution in [-0.2, 0) is 0 Å². The molecule has 0 spiro atoms. The van der Waals surface area contributed by atoms with Crippen molar-refractivity contribution in [1.29, 1.82) is 0 Å². The van der Waals surface area contributed by atoms with Crippen LogP contribution in [0.3, 0.4) is 0 Å². The van der Waals surface area contributed by atoms with Crippen LogP contribution in [-0.4, -0.2) is 22.8 Å². The van der Waals surface area contributed by atoms with E-state index >= 15 is 0 Å².